The van der Waals surface area contributed by atoms with Crippen LogP contribution in [0.4, 0.5) is 11.4 Å². The number of carbonyl (C=O) groups excluding carboxylic acids is 2. The first-order chi connectivity index (χ1) is 15.3. The van der Waals surface area contributed by atoms with E-state index in [4.69, 9.17) is 0 Å². The zero-order valence-electron chi connectivity index (χ0n) is 18.2. The van der Waals surface area contributed by atoms with Gasteiger partial charge >= 0.3 is 0 Å². The van der Waals surface area contributed by atoms with Crippen LogP contribution in [0, 0.1) is 12.8 Å². The minimum Gasteiger partial charge on any atom is -0.324 e. The molecule has 2 aromatic rings. The lowest BCUT2D eigenvalue weighted by atomic mass is 10.0. The van der Waals surface area contributed by atoms with Crippen LogP contribution in [0.2, 0.25) is 0 Å². The minimum absolute atomic E-state index is 0.158. The molecule has 0 unspecified atom stereocenters. The standard InChI is InChI=1S/C23H27N3O4S2/c1-16-9-11-25(12-10-16)32(29,30)18-7-8-21-20(13-18)26(23(28)15-31-21)14-22(27)24-19-6-4-3-5-17(19)2/h3-8,13,16H,9-12,14-15H2,1-2H3,(H,24,27). The van der Waals surface area contributed by atoms with Gasteiger partial charge < -0.3 is 10.2 Å². The van der Waals surface area contributed by atoms with Crippen molar-refractivity contribution in [3.63, 3.8) is 0 Å². The number of anilines is 2. The Morgan fingerprint density at radius 2 is 1.88 bits per heavy atom. The highest BCUT2D eigenvalue weighted by Crippen LogP contribution is 2.37. The second kappa shape index (κ2) is 9.25. The molecule has 7 nitrogen and oxygen atoms in total. The zero-order chi connectivity index (χ0) is 22.9. The summed E-state index contributed by atoms with van der Waals surface area (Å²) in [4.78, 5) is 27.7. The van der Waals surface area contributed by atoms with Gasteiger partial charge in [-0.3, -0.25) is 9.59 Å². The maximum Gasteiger partial charge on any atom is 0.244 e. The van der Waals surface area contributed by atoms with Crippen LogP contribution in [-0.2, 0) is 19.6 Å². The average Bonchev–Trinajstić information content (AvgIpc) is 2.77. The molecule has 0 aromatic heterocycles. The summed E-state index contributed by atoms with van der Waals surface area (Å²) in [6, 6.07) is 12.3. The predicted molar refractivity (Wildman–Crippen MR) is 126 cm³/mol. The molecule has 32 heavy (non-hydrogen) atoms. The van der Waals surface area contributed by atoms with Crippen molar-refractivity contribution >= 4 is 45.0 Å². The normalized spacial score (nSPS) is 17.8. The quantitative estimate of drug-likeness (QED) is 0.718. The van der Waals surface area contributed by atoms with Gasteiger partial charge in [-0.05, 0) is 55.5 Å². The van der Waals surface area contributed by atoms with Crippen molar-refractivity contribution in [3.05, 3.63) is 48.0 Å². The van der Waals surface area contributed by atoms with Crippen molar-refractivity contribution in [2.24, 2.45) is 5.92 Å². The number of carbonyl (C=O) groups is 2. The van der Waals surface area contributed by atoms with Gasteiger partial charge in [0.15, 0.2) is 0 Å². The van der Waals surface area contributed by atoms with Gasteiger partial charge in [0.25, 0.3) is 0 Å². The number of nitrogens with one attached hydrogen (secondary N) is 1. The third kappa shape index (κ3) is 4.69. The molecule has 2 aliphatic rings. The van der Waals surface area contributed by atoms with Crippen LogP contribution in [0.15, 0.2) is 52.3 Å². The third-order valence-corrected chi connectivity index (χ3v) is 8.92. The fraction of sp³-hybridized carbons (Fsp3) is 0.391. The molecule has 1 saturated heterocycles. The number of fused-ring (bicyclic) bond motifs is 1. The summed E-state index contributed by atoms with van der Waals surface area (Å²) in [5, 5.41) is 2.84. The van der Waals surface area contributed by atoms with Crippen LogP contribution in [0.25, 0.3) is 0 Å². The first kappa shape index (κ1) is 22.8. The van der Waals surface area contributed by atoms with Gasteiger partial charge in [-0.1, -0.05) is 25.1 Å². The fourth-order valence-electron chi connectivity index (χ4n) is 3.94. The molecule has 1 N–H and O–H groups in total. The van der Waals surface area contributed by atoms with Gasteiger partial charge in [-0.15, -0.1) is 11.8 Å². The molecule has 4 rings (SSSR count). The molecule has 0 spiro atoms. The maximum absolute atomic E-state index is 13.2. The maximum atomic E-state index is 13.2. The van der Waals surface area contributed by atoms with E-state index in [1.807, 2.05) is 25.1 Å². The van der Waals surface area contributed by atoms with Crippen molar-refractivity contribution in [2.45, 2.75) is 36.5 Å². The third-order valence-electron chi connectivity index (χ3n) is 5.97. The number of rotatable bonds is 5. The van der Waals surface area contributed by atoms with Crippen molar-refractivity contribution in [3.8, 4) is 0 Å². The van der Waals surface area contributed by atoms with E-state index in [0.717, 1.165) is 23.3 Å². The molecular formula is C23H27N3O4S2. The van der Waals surface area contributed by atoms with Gasteiger partial charge in [0.1, 0.15) is 6.54 Å². The minimum atomic E-state index is -3.66. The second-order valence-electron chi connectivity index (χ2n) is 8.35. The Kier molecular flexibility index (Phi) is 6.60. The zero-order valence-corrected chi connectivity index (χ0v) is 19.8. The van der Waals surface area contributed by atoms with E-state index in [1.165, 1.54) is 27.0 Å². The number of hydrogen-bond donors (Lipinski definition) is 1. The van der Waals surface area contributed by atoms with Crippen molar-refractivity contribution in [1.82, 2.24) is 4.31 Å². The first-order valence-electron chi connectivity index (χ1n) is 10.7. The van der Waals surface area contributed by atoms with Gasteiger partial charge in [0.05, 0.1) is 16.3 Å². The van der Waals surface area contributed by atoms with E-state index in [9.17, 15) is 18.0 Å². The Hall–Kier alpha value is -2.36. The molecule has 0 atom stereocenters. The van der Waals surface area contributed by atoms with Crippen LogP contribution < -0.4 is 10.2 Å². The first-order valence-corrected chi connectivity index (χ1v) is 13.1. The summed E-state index contributed by atoms with van der Waals surface area (Å²) in [5.74, 6) is 0.176. The van der Waals surface area contributed by atoms with E-state index in [0.29, 0.717) is 30.4 Å². The summed E-state index contributed by atoms with van der Waals surface area (Å²) < 4.78 is 27.9. The van der Waals surface area contributed by atoms with Gasteiger partial charge in [-0.25, -0.2) is 8.42 Å². The highest BCUT2D eigenvalue weighted by molar-refractivity contribution is 8.00. The largest absolute Gasteiger partial charge is 0.324 e. The molecular weight excluding hydrogens is 446 g/mol. The molecule has 2 amide bonds. The predicted octanol–water partition coefficient (Wildman–Crippen LogP) is 3.49. The highest BCUT2D eigenvalue weighted by atomic mass is 32.2. The summed E-state index contributed by atoms with van der Waals surface area (Å²) in [5.41, 5.74) is 2.08. The molecule has 170 valence electrons. The van der Waals surface area contributed by atoms with E-state index < -0.39 is 10.0 Å². The number of thioether (sulfide) groups is 1. The molecule has 2 heterocycles. The van der Waals surface area contributed by atoms with Crippen LogP contribution in [0.5, 0.6) is 0 Å². The van der Waals surface area contributed by atoms with E-state index in [1.54, 1.807) is 18.2 Å². The molecule has 0 aliphatic carbocycles. The van der Waals surface area contributed by atoms with Crippen LogP contribution in [0.3, 0.4) is 0 Å². The lowest BCUT2D eigenvalue weighted by molar-refractivity contribution is -0.120. The number of piperidine rings is 1. The van der Waals surface area contributed by atoms with E-state index >= 15 is 0 Å². The molecule has 0 bridgehead atoms. The Balaban J connectivity index is 1.58. The smallest absolute Gasteiger partial charge is 0.244 e. The van der Waals surface area contributed by atoms with Crippen molar-refractivity contribution in [2.75, 3.05) is 35.6 Å². The number of aryl methyl sites for hydroxylation is 1. The van der Waals surface area contributed by atoms with E-state index in [-0.39, 0.29) is 29.0 Å². The van der Waals surface area contributed by atoms with Gasteiger partial charge in [0, 0.05) is 23.7 Å². The number of nitrogens with zero attached hydrogens (tertiary/aromatic N) is 2. The van der Waals surface area contributed by atoms with Crippen LogP contribution >= 0.6 is 11.8 Å². The Bertz CT molecular complexity index is 1140. The molecule has 0 radical (unpaired) electrons. The molecule has 0 saturated carbocycles. The number of amides is 2. The fourth-order valence-corrected chi connectivity index (χ4v) is 6.34. The number of hydrogen-bond acceptors (Lipinski definition) is 5. The topological polar surface area (TPSA) is 86.8 Å². The number of benzene rings is 2. The van der Waals surface area contributed by atoms with E-state index in [2.05, 4.69) is 12.2 Å². The van der Waals surface area contributed by atoms with Crippen LogP contribution in [0.1, 0.15) is 25.3 Å². The number of para-hydroxylation sites is 1. The van der Waals surface area contributed by atoms with Crippen LogP contribution in [-0.4, -0.2) is 49.9 Å². The highest BCUT2D eigenvalue weighted by Gasteiger charge is 2.32. The Labute approximate surface area is 193 Å². The lowest BCUT2D eigenvalue weighted by Crippen LogP contribution is -2.41. The average molecular weight is 474 g/mol. The summed E-state index contributed by atoms with van der Waals surface area (Å²) >= 11 is 1.36. The molecule has 9 heteroatoms. The van der Waals surface area contributed by atoms with Crippen molar-refractivity contribution < 1.29 is 18.0 Å². The second-order valence-corrected chi connectivity index (χ2v) is 11.3. The molecule has 2 aliphatic heterocycles. The monoisotopic (exact) mass is 473 g/mol. The summed E-state index contributed by atoms with van der Waals surface area (Å²) in [7, 11) is -3.66. The van der Waals surface area contributed by atoms with Gasteiger partial charge in [-0.2, -0.15) is 4.31 Å². The lowest BCUT2D eigenvalue weighted by Gasteiger charge is -2.31. The van der Waals surface area contributed by atoms with Gasteiger partial charge in [0.2, 0.25) is 21.8 Å². The molecule has 1 fully saturated rings. The Morgan fingerprint density at radius 1 is 1.16 bits per heavy atom. The Morgan fingerprint density at radius 3 is 2.59 bits per heavy atom. The van der Waals surface area contributed by atoms with Crippen molar-refractivity contribution in [1.29, 1.82) is 0 Å². The summed E-state index contributed by atoms with van der Waals surface area (Å²) in [6.45, 7) is 4.84. The number of sulfonamides is 1. The molecule has 2 aromatic carbocycles. The SMILES string of the molecule is Cc1ccccc1NC(=O)CN1C(=O)CSc2ccc(S(=O)(=O)N3CCC(C)CC3)cc21. The summed E-state index contributed by atoms with van der Waals surface area (Å²) in [6.07, 6.45) is 1.67.